The Morgan fingerprint density at radius 3 is 2.82 bits per heavy atom. The van der Waals surface area contributed by atoms with Crippen molar-refractivity contribution in [3.8, 4) is 11.5 Å². The summed E-state index contributed by atoms with van der Waals surface area (Å²) in [5.41, 5.74) is 2.44. The van der Waals surface area contributed by atoms with E-state index in [1.165, 1.54) is 18.4 Å². The monoisotopic (exact) mass is 382 g/mol. The van der Waals surface area contributed by atoms with Crippen molar-refractivity contribution in [2.24, 2.45) is 0 Å². The Hall–Kier alpha value is -3.09. The highest BCUT2D eigenvalue weighted by atomic mass is 16.5. The minimum atomic E-state index is -0.205. The van der Waals surface area contributed by atoms with Crippen LogP contribution < -0.4 is 20.1 Å². The van der Waals surface area contributed by atoms with Gasteiger partial charge in [0.05, 0.1) is 19.9 Å². The summed E-state index contributed by atoms with van der Waals surface area (Å²) in [7, 11) is 3.17. The molecule has 7 nitrogen and oxygen atoms in total. The Bertz CT molecular complexity index is 851. The molecule has 2 aromatic rings. The smallest absolute Gasteiger partial charge is 0.270 e. The summed E-state index contributed by atoms with van der Waals surface area (Å²) in [4.78, 5) is 20.9. The summed E-state index contributed by atoms with van der Waals surface area (Å²) in [5, 5.41) is 6.02. The molecule has 2 N–H and O–H groups in total. The molecule has 1 aromatic heterocycles. The third-order valence-corrected chi connectivity index (χ3v) is 4.66. The molecular formula is C21H26N4O3. The molecule has 0 atom stereocenters. The van der Waals surface area contributed by atoms with Gasteiger partial charge >= 0.3 is 0 Å². The largest absolute Gasteiger partial charge is 0.497 e. The van der Waals surface area contributed by atoms with E-state index >= 15 is 0 Å². The number of anilines is 2. The molecule has 148 valence electrons. The number of benzene rings is 1. The minimum absolute atomic E-state index is 0.205. The summed E-state index contributed by atoms with van der Waals surface area (Å²) in [5.74, 6) is 1.40. The molecule has 0 spiro atoms. The average molecular weight is 382 g/mol. The van der Waals surface area contributed by atoms with Crippen LogP contribution in [-0.2, 0) is 0 Å². The van der Waals surface area contributed by atoms with E-state index in [9.17, 15) is 4.79 Å². The zero-order chi connectivity index (χ0) is 19.8. The number of carbonyl (C=O) groups excluding carboxylic acids is 1. The van der Waals surface area contributed by atoms with Gasteiger partial charge in [-0.1, -0.05) is 11.6 Å². The first kappa shape index (κ1) is 19.7. The van der Waals surface area contributed by atoms with Gasteiger partial charge in [-0.25, -0.2) is 9.97 Å². The Balaban J connectivity index is 1.61. The van der Waals surface area contributed by atoms with Gasteiger partial charge in [-0.15, -0.1) is 0 Å². The number of allylic oxidation sites excluding steroid dienone is 1. The van der Waals surface area contributed by atoms with E-state index < -0.39 is 0 Å². The lowest BCUT2D eigenvalue weighted by atomic mass is 9.97. The highest BCUT2D eigenvalue weighted by molar-refractivity contribution is 5.92. The van der Waals surface area contributed by atoms with Crippen LogP contribution in [0.1, 0.15) is 42.6 Å². The fraction of sp³-hybridized carbons (Fsp3) is 0.381. The predicted molar refractivity (Wildman–Crippen MR) is 108 cm³/mol. The summed E-state index contributed by atoms with van der Waals surface area (Å²) < 4.78 is 10.6. The summed E-state index contributed by atoms with van der Waals surface area (Å²) >= 11 is 0. The van der Waals surface area contributed by atoms with Gasteiger partial charge in [0.1, 0.15) is 17.2 Å². The van der Waals surface area contributed by atoms with Crippen molar-refractivity contribution in [3.05, 3.63) is 47.8 Å². The van der Waals surface area contributed by atoms with Gasteiger partial charge in [-0.05, 0) is 50.3 Å². The van der Waals surface area contributed by atoms with Crippen LogP contribution in [0.2, 0.25) is 0 Å². The molecule has 1 aliphatic rings. The van der Waals surface area contributed by atoms with Crippen LogP contribution in [0.3, 0.4) is 0 Å². The number of nitrogens with zero attached hydrogens (tertiary/aromatic N) is 2. The number of rotatable bonds is 8. The summed E-state index contributed by atoms with van der Waals surface area (Å²) in [6.45, 7) is 0.615. The van der Waals surface area contributed by atoms with Crippen LogP contribution in [0, 0.1) is 0 Å². The van der Waals surface area contributed by atoms with Gasteiger partial charge in [0.15, 0.2) is 0 Å². The molecule has 3 rings (SSSR count). The predicted octanol–water partition coefficient (Wildman–Crippen LogP) is 3.86. The minimum Gasteiger partial charge on any atom is -0.497 e. The van der Waals surface area contributed by atoms with Crippen LogP contribution in [0.15, 0.2) is 42.1 Å². The number of hydrogen-bond acceptors (Lipinski definition) is 6. The number of ether oxygens (including phenoxy) is 2. The van der Waals surface area contributed by atoms with Gasteiger partial charge in [-0.2, -0.15) is 0 Å². The molecule has 1 amide bonds. The molecule has 28 heavy (non-hydrogen) atoms. The van der Waals surface area contributed by atoms with Gasteiger partial charge in [0.2, 0.25) is 5.95 Å². The molecule has 1 aliphatic carbocycles. The van der Waals surface area contributed by atoms with Crippen LogP contribution in [0.4, 0.5) is 11.6 Å². The molecule has 7 heteroatoms. The van der Waals surface area contributed by atoms with Gasteiger partial charge in [-0.3, -0.25) is 4.79 Å². The molecular weight excluding hydrogens is 356 g/mol. The first-order valence-electron chi connectivity index (χ1n) is 9.48. The van der Waals surface area contributed by atoms with Crippen LogP contribution in [0.5, 0.6) is 11.5 Å². The quantitative estimate of drug-likeness (QED) is 0.675. The Morgan fingerprint density at radius 2 is 2.07 bits per heavy atom. The lowest BCUT2D eigenvalue weighted by Crippen LogP contribution is -2.26. The van der Waals surface area contributed by atoms with E-state index in [0.29, 0.717) is 35.4 Å². The van der Waals surface area contributed by atoms with Gasteiger partial charge in [0, 0.05) is 18.8 Å². The molecule has 0 radical (unpaired) electrons. The fourth-order valence-corrected chi connectivity index (χ4v) is 3.13. The molecule has 0 saturated heterocycles. The second-order valence-corrected chi connectivity index (χ2v) is 6.57. The van der Waals surface area contributed by atoms with Crippen molar-refractivity contribution in [3.63, 3.8) is 0 Å². The first-order chi connectivity index (χ1) is 13.7. The van der Waals surface area contributed by atoms with E-state index in [1.54, 1.807) is 38.6 Å². The zero-order valence-corrected chi connectivity index (χ0v) is 16.3. The molecule has 0 saturated carbocycles. The third kappa shape index (κ3) is 5.22. The van der Waals surface area contributed by atoms with E-state index in [0.717, 1.165) is 19.3 Å². The molecule has 1 aromatic carbocycles. The maximum atomic E-state index is 12.4. The normalized spacial score (nSPS) is 13.4. The number of methoxy groups -OCH3 is 2. The van der Waals surface area contributed by atoms with Gasteiger partial charge < -0.3 is 20.1 Å². The highest BCUT2D eigenvalue weighted by Gasteiger charge is 2.11. The number of hydrogen-bond donors (Lipinski definition) is 2. The second-order valence-electron chi connectivity index (χ2n) is 6.57. The molecule has 0 unspecified atom stereocenters. The number of aromatic nitrogens is 2. The average Bonchev–Trinajstić information content (AvgIpc) is 2.75. The standard InChI is InChI=1S/C21H26N4O3/c1-27-16-8-9-17(19(14-16)28-2)24-21-23-13-11-18(25-21)20(26)22-12-10-15-6-4-3-5-7-15/h6,8-9,11,13-14H,3-5,7,10,12H2,1-2H3,(H,22,26)(H,23,24,25). The third-order valence-electron chi connectivity index (χ3n) is 4.66. The van der Waals surface area contributed by atoms with Crippen molar-refractivity contribution in [1.29, 1.82) is 0 Å². The lowest BCUT2D eigenvalue weighted by Gasteiger charge is -2.13. The Kier molecular flexibility index (Phi) is 6.84. The highest BCUT2D eigenvalue weighted by Crippen LogP contribution is 2.30. The van der Waals surface area contributed by atoms with E-state index in [4.69, 9.17) is 9.47 Å². The van der Waals surface area contributed by atoms with E-state index in [-0.39, 0.29) is 5.91 Å². The zero-order valence-electron chi connectivity index (χ0n) is 16.3. The van der Waals surface area contributed by atoms with Crippen molar-refractivity contribution in [2.45, 2.75) is 32.1 Å². The van der Waals surface area contributed by atoms with E-state index in [2.05, 4.69) is 26.7 Å². The molecule has 0 fully saturated rings. The van der Waals surface area contributed by atoms with Crippen LogP contribution >= 0.6 is 0 Å². The maximum absolute atomic E-state index is 12.4. The van der Waals surface area contributed by atoms with Crippen molar-refractivity contribution in [1.82, 2.24) is 15.3 Å². The second kappa shape index (κ2) is 9.73. The summed E-state index contributed by atoms with van der Waals surface area (Å²) in [6.07, 6.45) is 9.56. The Morgan fingerprint density at radius 1 is 1.18 bits per heavy atom. The first-order valence-corrected chi connectivity index (χ1v) is 9.48. The summed E-state index contributed by atoms with van der Waals surface area (Å²) in [6, 6.07) is 6.98. The SMILES string of the molecule is COc1ccc(Nc2nccc(C(=O)NCCC3=CCCCC3)n2)c(OC)c1. The lowest BCUT2D eigenvalue weighted by molar-refractivity contribution is 0.0949. The van der Waals surface area contributed by atoms with Crippen molar-refractivity contribution < 1.29 is 14.3 Å². The van der Waals surface area contributed by atoms with Crippen molar-refractivity contribution >= 4 is 17.5 Å². The van der Waals surface area contributed by atoms with Crippen molar-refractivity contribution in [2.75, 3.05) is 26.1 Å². The van der Waals surface area contributed by atoms with E-state index in [1.807, 2.05) is 6.07 Å². The molecule has 0 aliphatic heterocycles. The topological polar surface area (TPSA) is 85.4 Å². The molecule has 0 bridgehead atoms. The number of nitrogens with one attached hydrogen (secondary N) is 2. The Labute approximate surface area is 165 Å². The fourth-order valence-electron chi connectivity index (χ4n) is 3.13. The van der Waals surface area contributed by atoms with Crippen LogP contribution in [0.25, 0.3) is 0 Å². The maximum Gasteiger partial charge on any atom is 0.270 e. The van der Waals surface area contributed by atoms with Gasteiger partial charge in [0.25, 0.3) is 5.91 Å². The number of amides is 1. The number of carbonyl (C=O) groups is 1. The molecule has 1 heterocycles. The van der Waals surface area contributed by atoms with Crippen LogP contribution in [-0.4, -0.2) is 36.6 Å².